The zero-order valence-corrected chi connectivity index (χ0v) is 13.6. The fraction of sp³-hybridized carbons (Fsp3) is 0.167. The quantitative estimate of drug-likeness (QED) is 0.891. The van der Waals surface area contributed by atoms with Crippen molar-refractivity contribution >= 4 is 50.2 Å². The molecule has 9 heteroatoms. The molecule has 0 aliphatic heterocycles. The maximum absolute atomic E-state index is 12.1. The molecule has 0 bridgehead atoms. The van der Waals surface area contributed by atoms with Crippen molar-refractivity contribution in [3.63, 3.8) is 0 Å². The van der Waals surface area contributed by atoms with E-state index in [1.807, 2.05) is 0 Å². The van der Waals surface area contributed by atoms with Gasteiger partial charge in [-0.25, -0.2) is 13.4 Å². The minimum atomic E-state index is -3.71. The van der Waals surface area contributed by atoms with Crippen LogP contribution >= 0.6 is 22.9 Å². The Balaban J connectivity index is 2.24. The van der Waals surface area contributed by atoms with Crippen molar-refractivity contribution in [2.24, 2.45) is 0 Å². The maximum Gasteiger partial charge on any atom is 0.273 e. The van der Waals surface area contributed by atoms with Gasteiger partial charge in [0, 0.05) is 18.3 Å². The third-order valence-electron chi connectivity index (χ3n) is 2.51. The molecule has 0 aliphatic rings. The minimum absolute atomic E-state index is 0.0380. The average Bonchev–Trinajstić information content (AvgIpc) is 2.79. The van der Waals surface area contributed by atoms with Gasteiger partial charge in [-0.15, -0.1) is 0 Å². The summed E-state index contributed by atoms with van der Waals surface area (Å²) < 4.78 is 26.9. The van der Waals surface area contributed by atoms with Gasteiger partial charge in [-0.05, 0) is 30.7 Å². The first-order valence-electron chi connectivity index (χ1n) is 5.80. The number of benzene rings is 1. The Morgan fingerprint density at radius 3 is 2.62 bits per heavy atom. The fourth-order valence-electron chi connectivity index (χ4n) is 1.63. The van der Waals surface area contributed by atoms with E-state index in [4.69, 9.17) is 11.6 Å². The van der Waals surface area contributed by atoms with Gasteiger partial charge in [0.1, 0.15) is 0 Å². The SMILES string of the molecule is CC(=O)Nc1ccc(NS(=O)(=O)c2cnc(Cl)s2)cc1C. The van der Waals surface area contributed by atoms with Gasteiger partial charge in [0.15, 0.2) is 8.68 Å². The highest BCUT2D eigenvalue weighted by atomic mass is 35.5. The Hall–Kier alpha value is -1.64. The smallest absolute Gasteiger partial charge is 0.273 e. The van der Waals surface area contributed by atoms with E-state index in [-0.39, 0.29) is 14.6 Å². The molecule has 1 heterocycles. The van der Waals surface area contributed by atoms with Crippen LogP contribution in [0.4, 0.5) is 11.4 Å². The van der Waals surface area contributed by atoms with E-state index in [2.05, 4.69) is 15.0 Å². The number of sulfonamides is 1. The second-order valence-electron chi connectivity index (χ2n) is 4.25. The van der Waals surface area contributed by atoms with Crippen LogP contribution in [0.5, 0.6) is 0 Å². The van der Waals surface area contributed by atoms with Crippen LogP contribution < -0.4 is 10.0 Å². The lowest BCUT2D eigenvalue weighted by molar-refractivity contribution is -0.114. The standard InChI is InChI=1S/C12H12ClN3O3S2/c1-7-5-9(3-4-10(7)15-8(2)17)16-21(18,19)11-6-14-12(13)20-11/h3-6,16H,1-2H3,(H,15,17). The molecule has 1 amide bonds. The first kappa shape index (κ1) is 15.7. The molecule has 0 saturated carbocycles. The molecule has 2 rings (SSSR count). The van der Waals surface area contributed by atoms with Crippen molar-refractivity contribution in [2.45, 2.75) is 18.1 Å². The van der Waals surface area contributed by atoms with Crippen LogP contribution in [0.2, 0.25) is 4.47 Å². The summed E-state index contributed by atoms with van der Waals surface area (Å²) in [6, 6.07) is 4.83. The van der Waals surface area contributed by atoms with Gasteiger partial charge in [0.25, 0.3) is 10.0 Å². The third-order valence-corrected chi connectivity index (χ3v) is 5.47. The van der Waals surface area contributed by atoms with Gasteiger partial charge >= 0.3 is 0 Å². The molecule has 112 valence electrons. The molecule has 0 unspecified atom stereocenters. The molecule has 1 aromatic carbocycles. The predicted octanol–water partition coefficient (Wildman–Crippen LogP) is 2.86. The van der Waals surface area contributed by atoms with Crippen molar-refractivity contribution < 1.29 is 13.2 Å². The predicted molar refractivity (Wildman–Crippen MR) is 83.4 cm³/mol. The van der Waals surface area contributed by atoms with Crippen molar-refractivity contribution in [1.29, 1.82) is 0 Å². The molecule has 0 fully saturated rings. The number of aryl methyl sites for hydroxylation is 1. The Morgan fingerprint density at radius 1 is 1.38 bits per heavy atom. The van der Waals surface area contributed by atoms with Crippen molar-refractivity contribution in [2.75, 3.05) is 10.0 Å². The molecule has 6 nitrogen and oxygen atoms in total. The normalized spacial score (nSPS) is 11.2. The summed E-state index contributed by atoms with van der Waals surface area (Å²) in [7, 11) is -3.71. The maximum atomic E-state index is 12.1. The number of hydrogen-bond donors (Lipinski definition) is 2. The number of anilines is 2. The number of nitrogens with one attached hydrogen (secondary N) is 2. The van der Waals surface area contributed by atoms with Crippen LogP contribution in [-0.4, -0.2) is 19.3 Å². The summed E-state index contributed by atoms with van der Waals surface area (Å²) in [4.78, 5) is 14.7. The second-order valence-corrected chi connectivity index (χ2v) is 7.77. The van der Waals surface area contributed by atoms with E-state index in [0.29, 0.717) is 11.4 Å². The highest BCUT2D eigenvalue weighted by Gasteiger charge is 2.18. The van der Waals surface area contributed by atoms with Gasteiger partial charge in [-0.1, -0.05) is 22.9 Å². The topological polar surface area (TPSA) is 88.2 Å². The van der Waals surface area contributed by atoms with E-state index in [1.165, 1.54) is 13.1 Å². The summed E-state index contributed by atoms with van der Waals surface area (Å²) in [5, 5.41) is 2.66. The van der Waals surface area contributed by atoms with Gasteiger partial charge in [0.2, 0.25) is 5.91 Å². The lowest BCUT2D eigenvalue weighted by atomic mass is 10.2. The number of carbonyl (C=O) groups is 1. The molecular formula is C12H12ClN3O3S2. The van der Waals surface area contributed by atoms with Gasteiger partial charge < -0.3 is 5.32 Å². The molecule has 21 heavy (non-hydrogen) atoms. The summed E-state index contributed by atoms with van der Waals surface area (Å²) in [5.41, 5.74) is 1.77. The number of thiazole rings is 1. The zero-order valence-electron chi connectivity index (χ0n) is 11.2. The van der Waals surface area contributed by atoms with Crippen molar-refractivity contribution in [3.05, 3.63) is 34.4 Å². The summed E-state index contributed by atoms with van der Waals surface area (Å²) in [6.45, 7) is 3.18. The van der Waals surface area contributed by atoms with Crippen LogP contribution in [0.25, 0.3) is 0 Å². The summed E-state index contributed by atoms with van der Waals surface area (Å²) in [5.74, 6) is -0.189. The molecule has 1 aromatic heterocycles. The number of nitrogens with zero attached hydrogens (tertiary/aromatic N) is 1. The van der Waals surface area contributed by atoms with Crippen LogP contribution in [0, 0.1) is 6.92 Å². The monoisotopic (exact) mass is 345 g/mol. The summed E-state index contributed by atoms with van der Waals surface area (Å²) in [6.07, 6.45) is 1.20. The largest absolute Gasteiger partial charge is 0.326 e. The number of halogens is 1. The molecule has 2 N–H and O–H groups in total. The Bertz CT molecular complexity index is 787. The van der Waals surface area contributed by atoms with Crippen LogP contribution in [-0.2, 0) is 14.8 Å². The minimum Gasteiger partial charge on any atom is -0.326 e. The second kappa shape index (κ2) is 6.00. The van der Waals surface area contributed by atoms with Gasteiger partial charge in [0.05, 0.1) is 6.20 Å². The van der Waals surface area contributed by atoms with Crippen molar-refractivity contribution in [1.82, 2.24) is 4.98 Å². The lowest BCUT2D eigenvalue weighted by Crippen LogP contribution is -2.12. The molecule has 2 aromatic rings. The Kier molecular flexibility index (Phi) is 4.50. The highest BCUT2D eigenvalue weighted by Crippen LogP contribution is 2.26. The van der Waals surface area contributed by atoms with E-state index < -0.39 is 10.0 Å². The number of rotatable bonds is 4. The third kappa shape index (κ3) is 3.93. The van der Waals surface area contributed by atoms with Crippen LogP contribution in [0.3, 0.4) is 0 Å². The van der Waals surface area contributed by atoms with E-state index in [1.54, 1.807) is 25.1 Å². The molecule has 0 radical (unpaired) electrons. The number of hydrogen-bond acceptors (Lipinski definition) is 5. The summed E-state index contributed by atoms with van der Waals surface area (Å²) >= 11 is 6.52. The van der Waals surface area contributed by atoms with E-state index in [9.17, 15) is 13.2 Å². The molecule has 0 aliphatic carbocycles. The number of aromatic nitrogens is 1. The van der Waals surface area contributed by atoms with Crippen LogP contribution in [0.15, 0.2) is 28.6 Å². The Labute approximate surface area is 131 Å². The Morgan fingerprint density at radius 2 is 2.10 bits per heavy atom. The zero-order chi connectivity index (χ0) is 15.6. The van der Waals surface area contributed by atoms with Crippen molar-refractivity contribution in [3.8, 4) is 0 Å². The first-order chi connectivity index (χ1) is 9.78. The highest BCUT2D eigenvalue weighted by molar-refractivity contribution is 7.94. The molecule has 0 spiro atoms. The van der Waals surface area contributed by atoms with Crippen LogP contribution in [0.1, 0.15) is 12.5 Å². The number of amides is 1. The number of carbonyl (C=O) groups excluding carboxylic acids is 1. The molecular weight excluding hydrogens is 334 g/mol. The first-order valence-corrected chi connectivity index (χ1v) is 8.48. The lowest BCUT2D eigenvalue weighted by Gasteiger charge is -2.10. The molecule has 0 saturated heterocycles. The molecule has 0 atom stereocenters. The van der Waals surface area contributed by atoms with E-state index >= 15 is 0 Å². The fourth-order valence-corrected chi connectivity index (χ4v) is 3.97. The average molecular weight is 346 g/mol. The van der Waals surface area contributed by atoms with Gasteiger partial charge in [-0.3, -0.25) is 9.52 Å². The van der Waals surface area contributed by atoms with Gasteiger partial charge in [-0.2, -0.15) is 0 Å². The van der Waals surface area contributed by atoms with E-state index in [0.717, 1.165) is 16.9 Å².